The predicted molar refractivity (Wildman–Crippen MR) is 92.7 cm³/mol. The van der Waals surface area contributed by atoms with Gasteiger partial charge in [0.25, 0.3) is 0 Å². The van der Waals surface area contributed by atoms with Gasteiger partial charge < -0.3 is 15.7 Å². The van der Waals surface area contributed by atoms with Crippen LogP contribution in [0, 0.1) is 0 Å². The van der Waals surface area contributed by atoms with Crippen LogP contribution in [0.15, 0.2) is 16.8 Å². The third-order valence-corrected chi connectivity index (χ3v) is 5.82. The maximum atomic E-state index is 12.1. The van der Waals surface area contributed by atoms with Crippen molar-refractivity contribution in [2.45, 2.75) is 56.7 Å². The van der Waals surface area contributed by atoms with E-state index in [4.69, 9.17) is 0 Å². The van der Waals surface area contributed by atoms with Crippen LogP contribution in [0.4, 0.5) is 4.79 Å². The van der Waals surface area contributed by atoms with E-state index in [1.165, 1.54) is 25.7 Å². The molecule has 0 bridgehead atoms. The van der Waals surface area contributed by atoms with Crippen LogP contribution in [0.1, 0.15) is 44.6 Å². The van der Waals surface area contributed by atoms with Gasteiger partial charge in [0.05, 0.1) is 6.54 Å². The van der Waals surface area contributed by atoms with Gasteiger partial charge in [-0.3, -0.25) is 4.90 Å². The number of thiophene rings is 1. The Balaban J connectivity index is 1.41. The summed E-state index contributed by atoms with van der Waals surface area (Å²) in [5.74, 6) is 0. The lowest BCUT2D eigenvalue weighted by Crippen LogP contribution is -2.47. The first-order valence-corrected chi connectivity index (χ1v) is 9.52. The van der Waals surface area contributed by atoms with Gasteiger partial charge in [-0.25, -0.2) is 4.79 Å². The summed E-state index contributed by atoms with van der Waals surface area (Å²) in [4.78, 5) is 14.6. The monoisotopic (exact) mass is 337 g/mol. The topological polar surface area (TPSA) is 64.6 Å². The summed E-state index contributed by atoms with van der Waals surface area (Å²) in [6.45, 7) is 3.99. The van der Waals surface area contributed by atoms with E-state index < -0.39 is 5.60 Å². The highest BCUT2D eigenvalue weighted by molar-refractivity contribution is 7.08. The number of hydrogen-bond acceptors (Lipinski definition) is 4. The molecule has 2 unspecified atom stereocenters. The number of aliphatic hydroxyl groups is 1. The molecule has 3 N–H and O–H groups in total. The van der Waals surface area contributed by atoms with E-state index in [0.717, 1.165) is 31.1 Å². The standard InChI is InChI=1S/C17H27N3O2S/c1-17(22,13-7-9-23-11-13)12-18-16(21)19-14-6-8-20(10-14)15-4-2-3-5-15/h7,9,11,14-15,22H,2-6,8,10,12H2,1H3,(H2,18,19,21). The summed E-state index contributed by atoms with van der Waals surface area (Å²) in [6, 6.07) is 2.66. The van der Waals surface area contributed by atoms with E-state index in [2.05, 4.69) is 15.5 Å². The number of nitrogens with zero attached hydrogens (tertiary/aromatic N) is 1. The summed E-state index contributed by atoms with van der Waals surface area (Å²) >= 11 is 1.55. The Morgan fingerprint density at radius 3 is 2.91 bits per heavy atom. The molecular weight excluding hydrogens is 310 g/mol. The second-order valence-corrected chi connectivity index (χ2v) is 7.81. The van der Waals surface area contributed by atoms with Crippen molar-refractivity contribution in [3.8, 4) is 0 Å². The molecule has 2 atom stereocenters. The summed E-state index contributed by atoms with van der Waals surface area (Å²) < 4.78 is 0. The largest absolute Gasteiger partial charge is 0.384 e. The summed E-state index contributed by atoms with van der Waals surface area (Å²) in [6.07, 6.45) is 6.32. The Labute approximate surface area is 142 Å². The summed E-state index contributed by atoms with van der Waals surface area (Å²) in [5.41, 5.74) is -0.181. The minimum atomic E-state index is -1.02. The van der Waals surface area contributed by atoms with Crippen LogP contribution in [-0.4, -0.2) is 47.8 Å². The van der Waals surface area contributed by atoms with Gasteiger partial charge in [0.15, 0.2) is 0 Å². The normalized spacial score (nSPS) is 25.4. The molecule has 0 aromatic carbocycles. The number of likely N-dealkylation sites (tertiary alicyclic amines) is 1. The molecule has 2 aliphatic rings. The number of amides is 2. The number of carbonyl (C=O) groups excluding carboxylic acids is 1. The molecule has 5 nitrogen and oxygen atoms in total. The van der Waals surface area contributed by atoms with E-state index in [1.807, 2.05) is 16.8 Å². The van der Waals surface area contributed by atoms with Gasteiger partial charge in [-0.05, 0) is 48.6 Å². The molecule has 128 valence electrons. The molecule has 6 heteroatoms. The highest BCUT2D eigenvalue weighted by atomic mass is 32.1. The van der Waals surface area contributed by atoms with E-state index in [9.17, 15) is 9.90 Å². The van der Waals surface area contributed by atoms with Crippen molar-refractivity contribution in [3.05, 3.63) is 22.4 Å². The second kappa shape index (κ2) is 7.20. The molecule has 3 rings (SSSR count). The molecule has 2 amide bonds. The van der Waals surface area contributed by atoms with Crippen LogP contribution in [0.3, 0.4) is 0 Å². The maximum Gasteiger partial charge on any atom is 0.315 e. The van der Waals surface area contributed by atoms with Crippen molar-refractivity contribution in [3.63, 3.8) is 0 Å². The minimum absolute atomic E-state index is 0.182. The molecular formula is C17H27N3O2S. The van der Waals surface area contributed by atoms with Crippen molar-refractivity contribution >= 4 is 17.4 Å². The zero-order chi connectivity index (χ0) is 16.3. The van der Waals surface area contributed by atoms with Gasteiger partial charge in [-0.15, -0.1) is 0 Å². The van der Waals surface area contributed by atoms with Gasteiger partial charge in [-0.1, -0.05) is 12.8 Å². The third-order valence-electron chi connectivity index (χ3n) is 5.13. The van der Waals surface area contributed by atoms with Crippen molar-refractivity contribution in [2.24, 2.45) is 0 Å². The molecule has 1 aliphatic heterocycles. The quantitative estimate of drug-likeness (QED) is 0.772. The second-order valence-electron chi connectivity index (χ2n) is 7.03. The fraction of sp³-hybridized carbons (Fsp3) is 0.706. The lowest BCUT2D eigenvalue weighted by molar-refractivity contribution is 0.0597. The molecule has 1 saturated carbocycles. The van der Waals surface area contributed by atoms with E-state index in [-0.39, 0.29) is 18.6 Å². The van der Waals surface area contributed by atoms with Gasteiger partial charge in [0.2, 0.25) is 0 Å². The molecule has 2 fully saturated rings. The molecule has 1 aliphatic carbocycles. The number of carbonyl (C=O) groups is 1. The van der Waals surface area contributed by atoms with Crippen molar-refractivity contribution < 1.29 is 9.90 Å². The van der Waals surface area contributed by atoms with Gasteiger partial charge in [-0.2, -0.15) is 11.3 Å². The molecule has 2 heterocycles. The predicted octanol–water partition coefficient (Wildman–Crippen LogP) is 2.27. The number of nitrogens with one attached hydrogen (secondary N) is 2. The molecule has 1 saturated heterocycles. The summed E-state index contributed by atoms with van der Waals surface area (Å²) in [5, 5.41) is 20.1. The third kappa shape index (κ3) is 4.25. The van der Waals surface area contributed by atoms with Crippen LogP contribution in [0.25, 0.3) is 0 Å². The Kier molecular flexibility index (Phi) is 5.24. The SMILES string of the molecule is CC(O)(CNC(=O)NC1CCN(C2CCCC2)C1)c1ccsc1. The lowest BCUT2D eigenvalue weighted by Gasteiger charge is -2.25. The first-order chi connectivity index (χ1) is 11.0. The Morgan fingerprint density at radius 1 is 1.43 bits per heavy atom. The lowest BCUT2D eigenvalue weighted by atomic mass is 9.99. The Hall–Kier alpha value is -1.11. The number of rotatable bonds is 5. The highest BCUT2D eigenvalue weighted by Crippen LogP contribution is 2.26. The van der Waals surface area contributed by atoms with Crippen LogP contribution in [0.5, 0.6) is 0 Å². The van der Waals surface area contributed by atoms with E-state index >= 15 is 0 Å². The highest BCUT2D eigenvalue weighted by Gasteiger charge is 2.31. The first-order valence-electron chi connectivity index (χ1n) is 8.58. The molecule has 0 radical (unpaired) electrons. The van der Waals surface area contributed by atoms with Gasteiger partial charge in [0.1, 0.15) is 5.60 Å². The Morgan fingerprint density at radius 2 is 2.22 bits per heavy atom. The van der Waals surface area contributed by atoms with Crippen LogP contribution in [0.2, 0.25) is 0 Å². The van der Waals surface area contributed by atoms with Crippen LogP contribution >= 0.6 is 11.3 Å². The summed E-state index contributed by atoms with van der Waals surface area (Å²) in [7, 11) is 0. The zero-order valence-electron chi connectivity index (χ0n) is 13.8. The van der Waals surface area contributed by atoms with Gasteiger partial charge >= 0.3 is 6.03 Å². The fourth-order valence-corrected chi connectivity index (χ4v) is 4.45. The Bertz CT molecular complexity index is 512. The number of hydrogen-bond donors (Lipinski definition) is 3. The molecule has 0 spiro atoms. The first kappa shape index (κ1) is 16.7. The zero-order valence-corrected chi connectivity index (χ0v) is 14.6. The number of urea groups is 1. The van der Waals surface area contributed by atoms with Crippen molar-refractivity contribution in [1.82, 2.24) is 15.5 Å². The van der Waals surface area contributed by atoms with Crippen LogP contribution in [-0.2, 0) is 5.60 Å². The van der Waals surface area contributed by atoms with Gasteiger partial charge in [0, 0.05) is 25.2 Å². The van der Waals surface area contributed by atoms with E-state index in [0.29, 0.717) is 0 Å². The average Bonchev–Trinajstić information content (AvgIpc) is 3.25. The fourth-order valence-electron chi connectivity index (χ4n) is 3.67. The van der Waals surface area contributed by atoms with E-state index in [1.54, 1.807) is 18.3 Å². The maximum absolute atomic E-state index is 12.1. The van der Waals surface area contributed by atoms with Crippen molar-refractivity contribution in [1.29, 1.82) is 0 Å². The van der Waals surface area contributed by atoms with Crippen LogP contribution < -0.4 is 10.6 Å². The minimum Gasteiger partial charge on any atom is -0.384 e. The van der Waals surface area contributed by atoms with Crippen molar-refractivity contribution in [2.75, 3.05) is 19.6 Å². The smallest absolute Gasteiger partial charge is 0.315 e. The average molecular weight is 337 g/mol. The molecule has 1 aromatic rings. The molecule has 1 aromatic heterocycles. The molecule has 23 heavy (non-hydrogen) atoms.